The van der Waals surface area contributed by atoms with Gasteiger partial charge in [0.15, 0.2) is 0 Å². The van der Waals surface area contributed by atoms with Crippen LogP contribution in [-0.4, -0.2) is 16.5 Å². The standard InChI is InChI=1S/C15H19BrN2O/c1-10(2)11(3)17-15(19)9-18-7-6-12-8-13(16)4-5-14(12)18/h4-8,10-11H,9H2,1-3H3,(H,17,19). The third-order valence-electron chi connectivity index (χ3n) is 3.44. The van der Waals surface area contributed by atoms with Crippen LogP contribution in [0.25, 0.3) is 10.9 Å². The number of nitrogens with one attached hydrogen (secondary N) is 1. The number of aromatic nitrogens is 1. The molecule has 19 heavy (non-hydrogen) atoms. The number of carbonyl (C=O) groups excluding carboxylic acids is 1. The Hall–Kier alpha value is -1.29. The summed E-state index contributed by atoms with van der Waals surface area (Å²) in [5, 5.41) is 4.16. The summed E-state index contributed by atoms with van der Waals surface area (Å²) < 4.78 is 3.03. The van der Waals surface area contributed by atoms with Gasteiger partial charge in [-0.05, 0) is 37.1 Å². The summed E-state index contributed by atoms with van der Waals surface area (Å²) in [5.74, 6) is 0.503. The van der Waals surface area contributed by atoms with Crippen molar-refractivity contribution in [2.75, 3.05) is 0 Å². The molecule has 1 aromatic carbocycles. The lowest BCUT2D eigenvalue weighted by atomic mass is 10.1. The number of benzene rings is 1. The van der Waals surface area contributed by atoms with Gasteiger partial charge in [0.25, 0.3) is 0 Å². The van der Waals surface area contributed by atoms with Crippen molar-refractivity contribution >= 4 is 32.7 Å². The van der Waals surface area contributed by atoms with Crippen LogP contribution in [0, 0.1) is 5.92 Å². The summed E-state index contributed by atoms with van der Waals surface area (Å²) in [6, 6.07) is 8.30. The monoisotopic (exact) mass is 322 g/mol. The maximum Gasteiger partial charge on any atom is 0.240 e. The third kappa shape index (κ3) is 3.38. The maximum atomic E-state index is 12.0. The molecule has 102 valence electrons. The first-order valence-corrected chi connectivity index (χ1v) is 7.30. The van der Waals surface area contributed by atoms with Gasteiger partial charge < -0.3 is 9.88 Å². The van der Waals surface area contributed by atoms with Crippen LogP contribution in [0.15, 0.2) is 34.9 Å². The molecule has 0 spiro atoms. The number of halogens is 1. The fourth-order valence-corrected chi connectivity index (χ4v) is 2.31. The number of amides is 1. The van der Waals surface area contributed by atoms with Gasteiger partial charge in [-0.1, -0.05) is 29.8 Å². The lowest BCUT2D eigenvalue weighted by Gasteiger charge is -2.17. The zero-order chi connectivity index (χ0) is 14.0. The van der Waals surface area contributed by atoms with Crippen molar-refractivity contribution in [2.45, 2.75) is 33.4 Å². The summed E-state index contributed by atoms with van der Waals surface area (Å²) in [4.78, 5) is 12.0. The molecule has 2 aromatic rings. The Bertz CT molecular complexity index is 589. The summed E-state index contributed by atoms with van der Waals surface area (Å²) in [6.45, 7) is 6.61. The molecule has 3 nitrogen and oxygen atoms in total. The molecule has 1 aromatic heterocycles. The number of rotatable bonds is 4. The number of hydrogen-bond acceptors (Lipinski definition) is 1. The van der Waals surface area contributed by atoms with Crippen molar-refractivity contribution in [2.24, 2.45) is 5.92 Å². The highest BCUT2D eigenvalue weighted by molar-refractivity contribution is 9.10. The number of hydrogen-bond donors (Lipinski definition) is 1. The van der Waals surface area contributed by atoms with Crippen molar-refractivity contribution in [3.63, 3.8) is 0 Å². The molecule has 0 radical (unpaired) electrons. The van der Waals surface area contributed by atoms with Crippen LogP contribution in [-0.2, 0) is 11.3 Å². The van der Waals surface area contributed by atoms with Crippen LogP contribution in [0.1, 0.15) is 20.8 Å². The van der Waals surface area contributed by atoms with Gasteiger partial charge in [-0.3, -0.25) is 4.79 Å². The molecule has 1 unspecified atom stereocenters. The van der Waals surface area contributed by atoms with E-state index in [1.807, 2.05) is 35.9 Å². The largest absolute Gasteiger partial charge is 0.352 e. The Balaban J connectivity index is 2.11. The summed E-state index contributed by atoms with van der Waals surface area (Å²) in [6.07, 6.45) is 1.96. The van der Waals surface area contributed by atoms with E-state index >= 15 is 0 Å². The average molecular weight is 323 g/mol. The Morgan fingerprint density at radius 3 is 2.74 bits per heavy atom. The minimum atomic E-state index is 0.0571. The Labute approximate surface area is 122 Å². The fourth-order valence-electron chi connectivity index (χ4n) is 1.93. The third-order valence-corrected chi connectivity index (χ3v) is 3.93. The van der Waals surface area contributed by atoms with Crippen LogP contribution in [0.3, 0.4) is 0 Å². The van der Waals surface area contributed by atoms with E-state index < -0.39 is 0 Å². The minimum absolute atomic E-state index is 0.0571. The molecule has 1 heterocycles. The predicted octanol–water partition coefficient (Wildman–Crippen LogP) is 3.56. The first kappa shape index (κ1) is 14.1. The molecule has 1 amide bonds. The molecule has 0 fully saturated rings. The normalized spacial score (nSPS) is 12.9. The quantitative estimate of drug-likeness (QED) is 0.917. The second kappa shape index (κ2) is 5.78. The highest BCUT2D eigenvalue weighted by Crippen LogP contribution is 2.20. The average Bonchev–Trinajstić information content (AvgIpc) is 2.71. The van der Waals surface area contributed by atoms with E-state index in [9.17, 15) is 4.79 Å². The van der Waals surface area contributed by atoms with Crippen molar-refractivity contribution in [1.29, 1.82) is 0 Å². The molecule has 1 N–H and O–H groups in total. The predicted molar refractivity (Wildman–Crippen MR) is 82.1 cm³/mol. The first-order chi connectivity index (χ1) is 8.97. The van der Waals surface area contributed by atoms with E-state index in [-0.39, 0.29) is 11.9 Å². The van der Waals surface area contributed by atoms with Gasteiger partial charge in [-0.25, -0.2) is 0 Å². The van der Waals surface area contributed by atoms with Crippen molar-refractivity contribution in [3.05, 3.63) is 34.9 Å². The van der Waals surface area contributed by atoms with Gasteiger partial charge >= 0.3 is 0 Å². The van der Waals surface area contributed by atoms with Crippen molar-refractivity contribution in [3.8, 4) is 0 Å². The van der Waals surface area contributed by atoms with Crippen LogP contribution < -0.4 is 5.32 Å². The van der Waals surface area contributed by atoms with Crippen LogP contribution in [0.4, 0.5) is 0 Å². The van der Waals surface area contributed by atoms with E-state index in [4.69, 9.17) is 0 Å². The molecule has 1 atom stereocenters. The van der Waals surface area contributed by atoms with Gasteiger partial charge in [0.1, 0.15) is 6.54 Å². The Morgan fingerprint density at radius 1 is 1.32 bits per heavy atom. The van der Waals surface area contributed by atoms with E-state index in [1.54, 1.807) is 0 Å². The molecule has 0 saturated carbocycles. The number of nitrogens with zero attached hydrogens (tertiary/aromatic N) is 1. The molecular weight excluding hydrogens is 304 g/mol. The van der Waals surface area contributed by atoms with E-state index in [2.05, 4.69) is 41.2 Å². The van der Waals surface area contributed by atoms with Gasteiger partial charge in [0.05, 0.1) is 0 Å². The van der Waals surface area contributed by atoms with Crippen LogP contribution >= 0.6 is 15.9 Å². The molecule has 0 bridgehead atoms. The van der Waals surface area contributed by atoms with Gasteiger partial charge in [-0.2, -0.15) is 0 Å². The Kier molecular flexibility index (Phi) is 4.30. The second-order valence-electron chi connectivity index (χ2n) is 5.25. The molecule has 2 rings (SSSR count). The van der Waals surface area contributed by atoms with Crippen LogP contribution in [0.5, 0.6) is 0 Å². The molecule has 4 heteroatoms. The number of fused-ring (bicyclic) bond motifs is 1. The minimum Gasteiger partial charge on any atom is -0.352 e. The lowest BCUT2D eigenvalue weighted by molar-refractivity contribution is -0.122. The van der Waals surface area contributed by atoms with Crippen molar-refractivity contribution < 1.29 is 4.79 Å². The first-order valence-electron chi connectivity index (χ1n) is 6.51. The summed E-state index contributed by atoms with van der Waals surface area (Å²) >= 11 is 3.45. The second-order valence-corrected chi connectivity index (χ2v) is 6.16. The highest BCUT2D eigenvalue weighted by Gasteiger charge is 2.12. The van der Waals surface area contributed by atoms with E-state index in [0.29, 0.717) is 12.5 Å². The molecule has 0 aliphatic heterocycles. The Morgan fingerprint density at radius 2 is 2.05 bits per heavy atom. The van der Waals surface area contributed by atoms with E-state index in [0.717, 1.165) is 15.4 Å². The zero-order valence-corrected chi connectivity index (χ0v) is 13.1. The molecule has 0 aliphatic carbocycles. The lowest BCUT2D eigenvalue weighted by Crippen LogP contribution is -2.38. The van der Waals surface area contributed by atoms with E-state index in [1.165, 1.54) is 0 Å². The van der Waals surface area contributed by atoms with Gasteiger partial charge in [-0.15, -0.1) is 0 Å². The molecule has 0 aliphatic rings. The maximum absolute atomic E-state index is 12.0. The summed E-state index contributed by atoms with van der Waals surface area (Å²) in [7, 11) is 0. The zero-order valence-electron chi connectivity index (χ0n) is 11.5. The highest BCUT2D eigenvalue weighted by atomic mass is 79.9. The fraction of sp³-hybridized carbons (Fsp3) is 0.400. The SMILES string of the molecule is CC(C)C(C)NC(=O)Cn1ccc2cc(Br)ccc21. The molecular formula is C15H19BrN2O. The van der Waals surface area contributed by atoms with Crippen LogP contribution in [0.2, 0.25) is 0 Å². The van der Waals surface area contributed by atoms with Gasteiger partial charge in [0, 0.05) is 27.6 Å². The summed E-state index contributed by atoms with van der Waals surface area (Å²) in [5.41, 5.74) is 1.08. The molecule has 0 saturated heterocycles. The smallest absolute Gasteiger partial charge is 0.240 e. The number of carbonyl (C=O) groups is 1. The van der Waals surface area contributed by atoms with Gasteiger partial charge in [0.2, 0.25) is 5.91 Å². The van der Waals surface area contributed by atoms with Crippen molar-refractivity contribution in [1.82, 2.24) is 9.88 Å². The topological polar surface area (TPSA) is 34.0 Å².